The van der Waals surface area contributed by atoms with Crippen LogP contribution in [-0.4, -0.2) is 16.1 Å². The van der Waals surface area contributed by atoms with Gasteiger partial charge in [-0.2, -0.15) is 0 Å². The highest BCUT2D eigenvalue weighted by atomic mass is 35.5. The van der Waals surface area contributed by atoms with Crippen LogP contribution < -0.4 is 5.73 Å². The molecule has 1 aromatic carbocycles. The number of aliphatic hydroxyl groups excluding tert-OH is 1. The van der Waals surface area contributed by atoms with Crippen molar-refractivity contribution in [2.75, 3.05) is 0 Å². The normalized spacial score (nSPS) is 20.7. The lowest BCUT2D eigenvalue weighted by molar-refractivity contribution is 0.282. The van der Waals surface area contributed by atoms with Crippen LogP contribution in [0.3, 0.4) is 0 Å². The van der Waals surface area contributed by atoms with Crippen LogP contribution in [0.1, 0.15) is 23.5 Å². The first kappa shape index (κ1) is 14.0. The SMILES string of the molecule is Cl.N[C@H]1C[C@@H]1c1ccc(-c2ccc(CO)cc2)nc1. The summed E-state index contributed by atoms with van der Waals surface area (Å²) in [5.74, 6) is 0.503. The molecule has 1 saturated carbocycles. The number of hydrogen-bond donors (Lipinski definition) is 2. The van der Waals surface area contributed by atoms with E-state index in [-0.39, 0.29) is 19.0 Å². The lowest BCUT2D eigenvalue weighted by atomic mass is 10.1. The smallest absolute Gasteiger partial charge is 0.0702 e. The van der Waals surface area contributed by atoms with Gasteiger partial charge in [0, 0.05) is 23.7 Å². The van der Waals surface area contributed by atoms with Gasteiger partial charge in [0.1, 0.15) is 0 Å². The fraction of sp³-hybridized carbons (Fsp3) is 0.267. The Balaban J connectivity index is 0.00000133. The predicted molar refractivity (Wildman–Crippen MR) is 78.2 cm³/mol. The summed E-state index contributed by atoms with van der Waals surface area (Å²) in [4.78, 5) is 4.48. The Kier molecular flexibility index (Phi) is 4.20. The second-order valence-electron chi connectivity index (χ2n) is 4.84. The Morgan fingerprint density at radius 1 is 1.16 bits per heavy atom. The predicted octanol–water partition coefficient (Wildman–Crippen LogP) is 2.48. The highest BCUT2D eigenvalue weighted by molar-refractivity contribution is 5.85. The van der Waals surface area contributed by atoms with Crippen LogP contribution in [0.2, 0.25) is 0 Å². The highest BCUT2D eigenvalue weighted by Crippen LogP contribution is 2.38. The average Bonchev–Trinajstić information content (AvgIpc) is 3.16. The molecule has 19 heavy (non-hydrogen) atoms. The van der Waals surface area contributed by atoms with Gasteiger partial charge in [-0.25, -0.2) is 0 Å². The molecule has 3 nitrogen and oxygen atoms in total. The molecule has 4 heteroatoms. The van der Waals surface area contributed by atoms with Crippen molar-refractivity contribution in [2.45, 2.75) is 25.0 Å². The van der Waals surface area contributed by atoms with Crippen molar-refractivity contribution in [3.05, 3.63) is 53.7 Å². The molecule has 0 unspecified atom stereocenters. The van der Waals surface area contributed by atoms with Gasteiger partial charge in [0.15, 0.2) is 0 Å². The second-order valence-corrected chi connectivity index (χ2v) is 4.84. The Morgan fingerprint density at radius 3 is 2.32 bits per heavy atom. The van der Waals surface area contributed by atoms with Crippen molar-refractivity contribution < 1.29 is 5.11 Å². The van der Waals surface area contributed by atoms with Crippen molar-refractivity contribution in [1.82, 2.24) is 4.98 Å². The van der Waals surface area contributed by atoms with Gasteiger partial charge < -0.3 is 10.8 Å². The standard InChI is InChI=1S/C15H16N2O.ClH/c16-14-7-13(14)12-5-6-15(17-8-12)11-3-1-10(9-18)2-4-11;/h1-6,8,13-14,18H,7,9,16H2;1H/t13-,14+;/m1./s1. The lowest BCUT2D eigenvalue weighted by Gasteiger charge is -2.04. The molecule has 2 aromatic rings. The van der Waals surface area contributed by atoms with E-state index >= 15 is 0 Å². The van der Waals surface area contributed by atoms with Crippen LogP contribution in [0.25, 0.3) is 11.3 Å². The third-order valence-corrected chi connectivity index (χ3v) is 3.49. The topological polar surface area (TPSA) is 59.1 Å². The zero-order valence-electron chi connectivity index (χ0n) is 10.5. The van der Waals surface area contributed by atoms with Gasteiger partial charge in [0.25, 0.3) is 0 Å². The second kappa shape index (κ2) is 5.70. The summed E-state index contributed by atoms with van der Waals surface area (Å²) in [5.41, 5.74) is 10.0. The number of benzene rings is 1. The van der Waals surface area contributed by atoms with Crippen LogP contribution in [-0.2, 0) is 6.61 Å². The van der Waals surface area contributed by atoms with E-state index in [0.29, 0.717) is 12.0 Å². The molecule has 100 valence electrons. The molecular weight excluding hydrogens is 260 g/mol. The molecule has 1 fully saturated rings. The van der Waals surface area contributed by atoms with E-state index in [2.05, 4.69) is 11.1 Å². The van der Waals surface area contributed by atoms with Crippen LogP contribution in [0.4, 0.5) is 0 Å². The summed E-state index contributed by atoms with van der Waals surface area (Å²) in [7, 11) is 0. The molecule has 0 radical (unpaired) electrons. The number of aromatic nitrogens is 1. The average molecular weight is 277 g/mol. The van der Waals surface area contributed by atoms with Gasteiger partial charge in [0.2, 0.25) is 0 Å². The first-order chi connectivity index (χ1) is 8.78. The maximum Gasteiger partial charge on any atom is 0.0702 e. The fourth-order valence-electron chi connectivity index (χ4n) is 2.17. The number of rotatable bonds is 3. The third kappa shape index (κ3) is 2.95. The van der Waals surface area contributed by atoms with E-state index in [4.69, 9.17) is 10.8 Å². The molecule has 0 amide bonds. The Labute approximate surface area is 118 Å². The molecule has 1 aromatic heterocycles. The third-order valence-electron chi connectivity index (χ3n) is 3.49. The number of pyridine rings is 1. The molecular formula is C15H17ClN2O. The summed E-state index contributed by atoms with van der Waals surface area (Å²) in [6.45, 7) is 0.0756. The number of nitrogens with zero attached hydrogens (tertiary/aromatic N) is 1. The van der Waals surface area contributed by atoms with E-state index in [1.165, 1.54) is 5.56 Å². The van der Waals surface area contributed by atoms with Crippen LogP contribution in [0, 0.1) is 0 Å². The summed E-state index contributed by atoms with van der Waals surface area (Å²) in [6.07, 6.45) is 3.00. The zero-order chi connectivity index (χ0) is 12.5. The minimum atomic E-state index is 0. The summed E-state index contributed by atoms with van der Waals surface area (Å²) in [6, 6.07) is 12.3. The lowest BCUT2D eigenvalue weighted by Crippen LogP contribution is -2.01. The van der Waals surface area contributed by atoms with Crippen LogP contribution in [0.5, 0.6) is 0 Å². The summed E-state index contributed by atoms with van der Waals surface area (Å²) < 4.78 is 0. The minimum absolute atomic E-state index is 0. The molecule has 2 atom stereocenters. The molecule has 0 saturated heterocycles. The Morgan fingerprint density at radius 2 is 1.84 bits per heavy atom. The van der Waals surface area contributed by atoms with Crippen LogP contribution >= 0.6 is 12.4 Å². The van der Waals surface area contributed by atoms with Crippen LogP contribution in [0.15, 0.2) is 42.6 Å². The van der Waals surface area contributed by atoms with Crippen molar-refractivity contribution in [1.29, 1.82) is 0 Å². The van der Waals surface area contributed by atoms with Crippen molar-refractivity contribution in [3.63, 3.8) is 0 Å². The summed E-state index contributed by atoms with van der Waals surface area (Å²) >= 11 is 0. The molecule has 1 aliphatic carbocycles. The first-order valence-electron chi connectivity index (χ1n) is 6.19. The Hall–Kier alpha value is -1.42. The molecule has 0 spiro atoms. The molecule has 3 rings (SSSR count). The Bertz CT molecular complexity index is 539. The molecule has 1 aliphatic rings. The minimum Gasteiger partial charge on any atom is -0.392 e. The summed E-state index contributed by atoms with van der Waals surface area (Å²) in [5, 5.41) is 9.00. The largest absolute Gasteiger partial charge is 0.392 e. The molecule has 0 bridgehead atoms. The highest BCUT2D eigenvalue weighted by Gasteiger charge is 2.34. The van der Waals surface area contributed by atoms with Gasteiger partial charge >= 0.3 is 0 Å². The molecule has 3 N–H and O–H groups in total. The van der Waals surface area contributed by atoms with Gasteiger partial charge in [0.05, 0.1) is 12.3 Å². The van der Waals surface area contributed by atoms with Gasteiger partial charge in [-0.1, -0.05) is 30.3 Å². The van der Waals surface area contributed by atoms with Crippen molar-refractivity contribution in [2.24, 2.45) is 5.73 Å². The van der Waals surface area contributed by atoms with Crippen molar-refractivity contribution >= 4 is 12.4 Å². The van der Waals surface area contributed by atoms with E-state index in [0.717, 1.165) is 23.2 Å². The molecule has 1 heterocycles. The first-order valence-corrected chi connectivity index (χ1v) is 6.19. The van der Waals surface area contributed by atoms with E-state index in [9.17, 15) is 0 Å². The van der Waals surface area contributed by atoms with Gasteiger partial charge in [-0.05, 0) is 23.6 Å². The quantitative estimate of drug-likeness (QED) is 0.905. The van der Waals surface area contributed by atoms with Gasteiger partial charge in [-0.3, -0.25) is 4.98 Å². The number of nitrogens with two attached hydrogens (primary N) is 1. The maximum atomic E-state index is 9.00. The fourth-order valence-corrected chi connectivity index (χ4v) is 2.17. The van der Waals surface area contributed by atoms with Crippen molar-refractivity contribution in [3.8, 4) is 11.3 Å². The monoisotopic (exact) mass is 276 g/mol. The zero-order valence-corrected chi connectivity index (χ0v) is 11.3. The number of hydrogen-bond acceptors (Lipinski definition) is 3. The molecule has 0 aliphatic heterocycles. The van der Waals surface area contributed by atoms with E-state index < -0.39 is 0 Å². The van der Waals surface area contributed by atoms with E-state index in [1.807, 2.05) is 36.5 Å². The van der Waals surface area contributed by atoms with Gasteiger partial charge in [-0.15, -0.1) is 12.4 Å². The number of halogens is 1. The number of aliphatic hydroxyl groups is 1. The van der Waals surface area contributed by atoms with E-state index in [1.54, 1.807) is 0 Å². The maximum absolute atomic E-state index is 9.00.